The third-order valence-electron chi connectivity index (χ3n) is 2.74. The monoisotopic (exact) mass is 316 g/mol. The van der Waals surface area contributed by atoms with E-state index in [9.17, 15) is 13.2 Å². The number of nitrogens with one attached hydrogen (secondary N) is 1. The zero-order valence-corrected chi connectivity index (χ0v) is 13.4. The number of anilines is 1. The minimum Gasteiger partial charge on any atom is -0.497 e. The molecule has 0 bridgehead atoms. The SMILES string of the molecule is COc1ccc(OC)c(N(CCNC(C)=O)S(C)(=O)=O)c1. The van der Waals surface area contributed by atoms with E-state index in [4.69, 9.17) is 9.47 Å². The van der Waals surface area contributed by atoms with Crippen LogP contribution in [-0.4, -0.2) is 47.9 Å². The fraction of sp³-hybridized carbons (Fsp3) is 0.462. The maximum atomic E-state index is 12.0. The molecule has 1 aromatic rings. The Balaban J connectivity index is 3.16. The van der Waals surface area contributed by atoms with Gasteiger partial charge in [-0.25, -0.2) is 8.42 Å². The molecular weight excluding hydrogens is 296 g/mol. The number of hydrogen-bond donors (Lipinski definition) is 1. The van der Waals surface area contributed by atoms with E-state index >= 15 is 0 Å². The van der Waals surface area contributed by atoms with Crippen molar-refractivity contribution >= 4 is 21.6 Å². The maximum absolute atomic E-state index is 12.0. The van der Waals surface area contributed by atoms with E-state index in [0.717, 1.165) is 6.26 Å². The highest BCUT2D eigenvalue weighted by Gasteiger charge is 2.21. The van der Waals surface area contributed by atoms with Crippen molar-refractivity contribution in [1.29, 1.82) is 0 Å². The molecule has 0 radical (unpaired) electrons. The Hall–Kier alpha value is -1.96. The predicted molar refractivity (Wildman–Crippen MR) is 80.4 cm³/mol. The fourth-order valence-corrected chi connectivity index (χ4v) is 2.71. The third-order valence-corrected chi connectivity index (χ3v) is 3.92. The Kier molecular flexibility index (Phi) is 5.83. The van der Waals surface area contributed by atoms with E-state index in [2.05, 4.69) is 5.32 Å². The molecule has 0 aromatic heterocycles. The molecule has 1 N–H and O–H groups in total. The molecule has 8 heteroatoms. The van der Waals surface area contributed by atoms with Crippen LogP contribution in [-0.2, 0) is 14.8 Å². The lowest BCUT2D eigenvalue weighted by Crippen LogP contribution is -2.37. The van der Waals surface area contributed by atoms with E-state index in [-0.39, 0.29) is 19.0 Å². The molecule has 0 saturated carbocycles. The summed E-state index contributed by atoms with van der Waals surface area (Å²) in [4.78, 5) is 10.9. The first kappa shape index (κ1) is 17.1. The lowest BCUT2D eigenvalue weighted by molar-refractivity contribution is -0.118. The second kappa shape index (κ2) is 7.16. The summed E-state index contributed by atoms with van der Waals surface area (Å²) in [5, 5.41) is 2.57. The van der Waals surface area contributed by atoms with Crippen LogP contribution in [0.1, 0.15) is 6.92 Å². The number of rotatable bonds is 7. The van der Waals surface area contributed by atoms with Gasteiger partial charge < -0.3 is 14.8 Å². The molecule has 1 aromatic carbocycles. The highest BCUT2D eigenvalue weighted by Crippen LogP contribution is 2.33. The van der Waals surface area contributed by atoms with Gasteiger partial charge in [0.2, 0.25) is 15.9 Å². The first-order valence-electron chi connectivity index (χ1n) is 6.23. The molecule has 0 fully saturated rings. The summed E-state index contributed by atoms with van der Waals surface area (Å²) in [5.41, 5.74) is 0.365. The van der Waals surface area contributed by atoms with Crippen LogP contribution in [0.4, 0.5) is 5.69 Å². The van der Waals surface area contributed by atoms with Gasteiger partial charge in [-0.3, -0.25) is 9.10 Å². The van der Waals surface area contributed by atoms with Crippen molar-refractivity contribution in [2.45, 2.75) is 6.92 Å². The molecule has 1 rings (SSSR count). The summed E-state index contributed by atoms with van der Waals surface area (Å²) in [6.45, 7) is 1.67. The number of carbonyl (C=O) groups is 1. The fourth-order valence-electron chi connectivity index (χ4n) is 1.79. The maximum Gasteiger partial charge on any atom is 0.232 e. The summed E-state index contributed by atoms with van der Waals surface area (Å²) >= 11 is 0. The number of carbonyl (C=O) groups excluding carboxylic acids is 1. The van der Waals surface area contributed by atoms with Gasteiger partial charge >= 0.3 is 0 Å². The Morgan fingerprint density at radius 1 is 1.29 bits per heavy atom. The lowest BCUT2D eigenvalue weighted by Gasteiger charge is -2.24. The van der Waals surface area contributed by atoms with Crippen molar-refractivity contribution in [3.05, 3.63) is 18.2 Å². The van der Waals surface area contributed by atoms with Crippen LogP contribution in [0.15, 0.2) is 18.2 Å². The van der Waals surface area contributed by atoms with Crippen molar-refractivity contribution in [2.75, 3.05) is 37.9 Å². The molecule has 0 spiro atoms. The molecule has 0 saturated heterocycles. The normalized spacial score (nSPS) is 10.9. The lowest BCUT2D eigenvalue weighted by atomic mass is 10.2. The molecule has 0 heterocycles. The van der Waals surface area contributed by atoms with Gasteiger partial charge in [-0.05, 0) is 12.1 Å². The smallest absolute Gasteiger partial charge is 0.232 e. The second-order valence-corrected chi connectivity index (χ2v) is 6.26. The molecule has 0 aliphatic rings. The average Bonchev–Trinajstić information content (AvgIpc) is 2.41. The average molecular weight is 316 g/mol. The largest absolute Gasteiger partial charge is 0.497 e. The molecule has 21 heavy (non-hydrogen) atoms. The highest BCUT2D eigenvalue weighted by molar-refractivity contribution is 7.92. The van der Waals surface area contributed by atoms with Crippen LogP contribution in [0.5, 0.6) is 11.5 Å². The van der Waals surface area contributed by atoms with Gasteiger partial charge in [0.15, 0.2) is 0 Å². The zero-order valence-electron chi connectivity index (χ0n) is 12.5. The van der Waals surface area contributed by atoms with Gasteiger partial charge in [0.25, 0.3) is 0 Å². The number of hydrogen-bond acceptors (Lipinski definition) is 5. The number of benzene rings is 1. The molecule has 0 atom stereocenters. The Morgan fingerprint density at radius 3 is 2.43 bits per heavy atom. The van der Waals surface area contributed by atoms with Crippen molar-refractivity contribution in [1.82, 2.24) is 5.32 Å². The molecule has 7 nitrogen and oxygen atoms in total. The van der Waals surface area contributed by atoms with Crippen LogP contribution < -0.4 is 19.1 Å². The molecule has 0 aliphatic carbocycles. The predicted octanol–water partition coefficient (Wildman–Crippen LogP) is 0.606. The van der Waals surface area contributed by atoms with E-state index in [1.165, 1.54) is 25.4 Å². The number of methoxy groups -OCH3 is 2. The first-order chi connectivity index (χ1) is 9.79. The number of nitrogens with zero attached hydrogens (tertiary/aromatic N) is 1. The second-order valence-electron chi connectivity index (χ2n) is 4.36. The van der Waals surface area contributed by atoms with E-state index in [1.54, 1.807) is 18.2 Å². The van der Waals surface area contributed by atoms with Crippen molar-refractivity contribution in [2.24, 2.45) is 0 Å². The van der Waals surface area contributed by atoms with E-state index in [1.807, 2.05) is 0 Å². The minimum absolute atomic E-state index is 0.0991. The van der Waals surface area contributed by atoms with Crippen LogP contribution in [0.25, 0.3) is 0 Å². The van der Waals surface area contributed by atoms with Crippen molar-refractivity contribution in [3.8, 4) is 11.5 Å². The van der Waals surface area contributed by atoms with Crippen molar-refractivity contribution < 1.29 is 22.7 Å². The summed E-state index contributed by atoms with van der Waals surface area (Å²) < 4.78 is 35.5. The summed E-state index contributed by atoms with van der Waals surface area (Å²) in [5.74, 6) is 0.698. The Labute approximate surface area is 124 Å². The van der Waals surface area contributed by atoms with E-state index < -0.39 is 10.0 Å². The van der Waals surface area contributed by atoms with E-state index in [0.29, 0.717) is 17.2 Å². The standard InChI is InChI=1S/C13H20N2O5S/c1-10(16)14-7-8-15(21(4,17)18)12-9-11(19-2)5-6-13(12)20-3/h5-6,9H,7-8H2,1-4H3,(H,14,16). The quantitative estimate of drug-likeness (QED) is 0.796. The van der Waals surface area contributed by atoms with Gasteiger partial charge in [-0.2, -0.15) is 0 Å². The molecular formula is C13H20N2O5S. The number of ether oxygens (including phenoxy) is 2. The van der Waals surface area contributed by atoms with Gasteiger partial charge in [0, 0.05) is 19.5 Å². The molecule has 118 valence electrons. The number of sulfonamides is 1. The summed E-state index contributed by atoms with van der Waals surface area (Å²) in [6, 6.07) is 4.88. The Bertz CT molecular complexity index is 601. The third kappa shape index (κ3) is 4.82. The summed E-state index contributed by atoms with van der Waals surface area (Å²) in [7, 11) is -0.575. The van der Waals surface area contributed by atoms with Crippen molar-refractivity contribution in [3.63, 3.8) is 0 Å². The minimum atomic E-state index is -3.53. The zero-order chi connectivity index (χ0) is 16.0. The Morgan fingerprint density at radius 2 is 1.95 bits per heavy atom. The topological polar surface area (TPSA) is 84.9 Å². The molecule has 1 amide bonds. The van der Waals surface area contributed by atoms with Crippen LogP contribution in [0, 0.1) is 0 Å². The van der Waals surface area contributed by atoms with Crippen LogP contribution in [0.3, 0.4) is 0 Å². The summed E-state index contributed by atoms with van der Waals surface area (Å²) in [6.07, 6.45) is 1.10. The highest BCUT2D eigenvalue weighted by atomic mass is 32.2. The van der Waals surface area contributed by atoms with Gasteiger partial charge in [0.05, 0.1) is 32.7 Å². The van der Waals surface area contributed by atoms with Crippen LogP contribution >= 0.6 is 0 Å². The van der Waals surface area contributed by atoms with Gasteiger partial charge in [-0.1, -0.05) is 0 Å². The molecule has 0 unspecified atom stereocenters. The van der Waals surface area contributed by atoms with Crippen LogP contribution in [0.2, 0.25) is 0 Å². The van der Waals surface area contributed by atoms with Gasteiger partial charge in [-0.15, -0.1) is 0 Å². The van der Waals surface area contributed by atoms with Gasteiger partial charge in [0.1, 0.15) is 11.5 Å². The molecule has 0 aliphatic heterocycles. The number of amides is 1. The first-order valence-corrected chi connectivity index (χ1v) is 8.08.